The molecule has 8 nitrogen and oxygen atoms in total. The Hall–Kier alpha value is -1.83. The largest absolute Gasteiger partial charge is 0.480 e. The van der Waals surface area contributed by atoms with Crippen molar-refractivity contribution in [1.29, 1.82) is 0 Å². The van der Waals surface area contributed by atoms with Crippen LogP contribution in [0.2, 0.25) is 0 Å². The summed E-state index contributed by atoms with van der Waals surface area (Å²) in [6.07, 6.45) is -0.859. The Morgan fingerprint density at radius 1 is 1.30 bits per heavy atom. The van der Waals surface area contributed by atoms with Crippen LogP contribution >= 0.6 is 0 Å². The number of nitrogens with zero attached hydrogens (tertiary/aromatic N) is 1. The van der Waals surface area contributed by atoms with E-state index in [0.717, 1.165) is 4.90 Å². The number of carboxylic acids is 1. The van der Waals surface area contributed by atoms with Crippen LogP contribution in [0.1, 0.15) is 27.2 Å². The summed E-state index contributed by atoms with van der Waals surface area (Å²) in [6.45, 7) is 5.14. The molecular weight excluding hydrogens is 266 g/mol. The number of hydrogen-bond acceptors (Lipinski definition) is 4. The van der Waals surface area contributed by atoms with Gasteiger partial charge in [0.1, 0.15) is 6.04 Å². The van der Waals surface area contributed by atoms with Gasteiger partial charge in [0.05, 0.1) is 12.6 Å². The molecule has 4 N–H and O–H groups in total. The normalized spacial score (nSPS) is 22.5. The van der Waals surface area contributed by atoms with Crippen molar-refractivity contribution in [3.63, 3.8) is 0 Å². The molecule has 0 aromatic heterocycles. The third kappa shape index (κ3) is 4.69. The zero-order valence-electron chi connectivity index (χ0n) is 11.8. The van der Waals surface area contributed by atoms with Crippen LogP contribution in [0.15, 0.2) is 0 Å². The van der Waals surface area contributed by atoms with Crippen LogP contribution < -0.4 is 10.6 Å². The number of β-amino-alcohol motifs (C(OH)–C–C–N with tert-alkyl or cyclic N) is 1. The summed E-state index contributed by atoms with van der Waals surface area (Å²) in [6, 6.07) is -1.73. The summed E-state index contributed by atoms with van der Waals surface area (Å²) in [4.78, 5) is 35.4. The highest BCUT2D eigenvalue weighted by Crippen LogP contribution is 2.17. The smallest absolute Gasteiger partial charge is 0.326 e. The van der Waals surface area contributed by atoms with Gasteiger partial charge in [-0.3, -0.25) is 4.79 Å². The molecule has 0 aromatic rings. The van der Waals surface area contributed by atoms with E-state index < -0.39 is 29.7 Å². The topological polar surface area (TPSA) is 119 Å². The fraction of sp³-hybridized carbons (Fsp3) is 0.750. The number of amides is 3. The van der Waals surface area contributed by atoms with Crippen LogP contribution in [0.25, 0.3) is 0 Å². The number of aliphatic carboxylic acids is 1. The van der Waals surface area contributed by atoms with Crippen LogP contribution in [-0.4, -0.2) is 63.8 Å². The minimum absolute atomic E-state index is 0.00303. The number of rotatable bonds is 3. The average Bonchev–Trinajstić information content (AvgIpc) is 2.66. The summed E-state index contributed by atoms with van der Waals surface area (Å²) in [5.41, 5.74) is -0.407. The van der Waals surface area contributed by atoms with Crippen molar-refractivity contribution in [3.05, 3.63) is 0 Å². The van der Waals surface area contributed by atoms with Crippen molar-refractivity contribution >= 4 is 17.9 Å². The Labute approximate surface area is 117 Å². The van der Waals surface area contributed by atoms with Gasteiger partial charge in [-0.25, -0.2) is 9.59 Å². The summed E-state index contributed by atoms with van der Waals surface area (Å²) in [7, 11) is 0. The lowest BCUT2D eigenvalue weighted by Gasteiger charge is -2.23. The standard InChI is InChI=1S/C12H21N3O5/c1-12(2,3)14-9(17)5-13-11(20)15-6-7(16)4-8(15)10(18)19/h7-8,16H,4-6H2,1-3H3,(H,13,20)(H,14,17)(H,18,19)/t7?,8-/m0/s1. The molecule has 2 atom stereocenters. The molecule has 1 aliphatic rings. The summed E-state index contributed by atoms with van der Waals surface area (Å²) in [5.74, 6) is -1.53. The fourth-order valence-electron chi connectivity index (χ4n) is 1.99. The Bertz CT molecular complexity index is 404. The van der Waals surface area contributed by atoms with E-state index in [0.29, 0.717) is 0 Å². The molecule has 0 spiro atoms. The van der Waals surface area contributed by atoms with Gasteiger partial charge in [-0.2, -0.15) is 0 Å². The average molecular weight is 287 g/mol. The quantitative estimate of drug-likeness (QED) is 0.538. The molecule has 20 heavy (non-hydrogen) atoms. The van der Waals surface area contributed by atoms with E-state index in [1.54, 1.807) is 0 Å². The molecule has 0 radical (unpaired) electrons. The number of urea groups is 1. The van der Waals surface area contributed by atoms with Crippen LogP contribution in [0.3, 0.4) is 0 Å². The number of carboxylic acid groups (broad SMARTS) is 1. The first kappa shape index (κ1) is 16.2. The van der Waals surface area contributed by atoms with Crippen LogP contribution in [0.4, 0.5) is 4.79 Å². The number of aliphatic hydroxyl groups excluding tert-OH is 1. The number of carbonyl (C=O) groups is 3. The van der Waals surface area contributed by atoms with E-state index >= 15 is 0 Å². The molecule has 1 unspecified atom stereocenters. The maximum Gasteiger partial charge on any atom is 0.326 e. The Morgan fingerprint density at radius 2 is 1.90 bits per heavy atom. The van der Waals surface area contributed by atoms with Crippen molar-refractivity contribution in [2.75, 3.05) is 13.1 Å². The maximum atomic E-state index is 11.8. The lowest BCUT2D eigenvalue weighted by Crippen LogP contribution is -2.50. The molecule has 0 aromatic carbocycles. The van der Waals surface area contributed by atoms with Gasteiger partial charge >= 0.3 is 12.0 Å². The third-order valence-corrected chi connectivity index (χ3v) is 2.74. The lowest BCUT2D eigenvalue weighted by atomic mass is 10.1. The second-order valence-corrected chi connectivity index (χ2v) is 5.85. The SMILES string of the molecule is CC(C)(C)NC(=O)CNC(=O)N1CC(O)C[C@H]1C(=O)O. The predicted molar refractivity (Wildman–Crippen MR) is 70.0 cm³/mol. The molecule has 1 heterocycles. The van der Waals surface area contributed by atoms with E-state index in [-0.39, 0.29) is 25.4 Å². The molecule has 1 saturated heterocycles. The van der Waals surface area contributed by atoms with Crippen molar-refractivity contribution < 1.29 is 24.6 Å². The molecule has 0 aliphatic carbocycles. The summed E-state index contributed by atoms with van der Waals surface area (Å²) >= 11 is 0. The molecule has 1 rings (SSSR count). The molecule has 8 heteroatoms. The highest BCUT2D eigenvalue weighted by atomic mass is 16.4. The molecular formula is C12H21N3O5. The predicted octanol–water partition coefficient (Wildman–Crippen LogP) is -0.869. The van der Waals surface area contributed by atoms with E-state index in [2.05, 4.69) is 10.6 Å². The first-order chi connectivity index (χ1) is 9.10. The highest BCUT2D eigenvalue weighted by molar-refractivity contribution is 5.87. The molecule has 1 aliphatic heterocycles. The second-order valence-electron chi connectivity index (χ2n) is 5.85. The third-order valence-electron chi connectivity index (χ3n) is 2.74. The zero-order chi connectivity index (χ0) is 15.5. The molecule has 3 amide bonds. The zero-order valence-corrected chi connectivity index (χ0v) is 11.8. The van der Waals surface area contributed by atoms with Gasteiger partial charge < -0.3 is 25.7 Å². The van der Waals surface area contributed by atoms with Crippen molar-refractivity contribution in [2.45, 2.75) is 44.9 Å². The Balaban J connectivity index is 2.50. The monoisotopic (exact) mass is 287 g/mol. The van der Waals surface area contributed by atoms with Gasteiger partial charge in [0.2, 0.25) is 5.91 Å². The minimum atomic E-state index is -1.17. The lowest BCUT2D eigenvalue weighted by molar-refractivity contribution is -0.141. The van der Waals surface area contributed by atoms with Gasteiger partial charge in [-0.15, -0.1) is 0 Å². The fourth-order valence-corrected chi connectivity index (χ4v) is 1.99. The van der Waals surface area contributed by atoms with Gasteiger partial charge in [0, 0.05) is 18.5 Å². The van der Waals surface area contributed by atoms with Crippen LogP contribution in [0.5, 0.6) is 0 Å². The number of nitrogens with one attached hydrogen (secondary N) is 2. The van der Waals surface area contributed by atoms with Gasteiger partial charge in [-0.05, 0) is 20.8 Å². The van der Waals surface area contributed by atoms with Gasteiger partial charge in [0.25, 0.3) is 0 Å². The van der Waals surface area contributed by atoms with Crippen molar-refractivity contribution in [3.8, 4) is 0 Å². The Morgan fingerprint density at radius 3 is 2.40 bits per heavy atom. The van der Waals surface area contributed by atoms with E-state index in [4.69, 9.17) is 5.11 Å². The van der Waals surface area contributed by atoms with E-state index in [1.807, 2.05) is 20.8 Å². The molecule has 0 bridgehead atoms. The van der Waals surface area contributed by atoms with E-state index in [9.17, 15) is 19.5 Å². The number of carbonyl (C=O) groups excluding carboxylic acids is 2. The molecule has 0 saturated carbocycles. The highest BCUT2D eigenvalue weighted by Gasteiger charge is 2.39. The van der Waals surface area contributed by atoms with Crippen LogP contribution in [-0.2, 0) is 9.59 Å². The van der Waals surface area contributed by atoms with Crippen molar-refractivity contribution in [2.24, 2.45) is 0 Å². The molecule has 1 fully saturated rings. The van der Waals surface area contributed by atoms with Crippen molar-refractivity contribution in [1.82, 2.24) is 15.5 Å². The number of likely N-dealkylation sites (tertiary alicyclic amines) is 1. The Kier molecular flexibility index (Phi) is 4.93. The van der Waals surface area contributed by atoms with Crippen LogP contribution in [0, 0.1) is 0 Å². The number of aliphatic hydroxyl groups is 1. The minimum Gasteiger partial charge on any atom is -0.480 e. The first-order valence-electron chi connectivity index (χ1n) is 6.36. The van der Waals surface area contributed by atoms with E-state index in [1.165, 1.54) is 0 Å². The van der Waals surface area contributed by atoms with Gasteiger partial charge in [-0.1, -0.05) is 0 Å². The summed E-state index contributed by atoms with van der Waals surface area (Å²) < 4.78 is 0. The first-order valence-corrected chi connectivity index (χ1v) is 6.36. The van der Waals surface area contributed by atoms with Gasteiger partial charge in [0.15, 0.2) is 0 Å². The molecule has 114 valence electrons. The summed E-state index contributed by atoms with van der Waals surface area (Å²) in [5, 5.41) is 23.4. The second kappa shape index (κ2) is 6.08. The number of hydrogen-bond donors (Lipinski definition) is 4. The maximum absolute atomic E-state index is 11.8.